The molecule has 2 N–H and O–H groups in total. The van der Waals surface area contributed by atoms with E-state index in [1.165, 1.54) is 0 Å². The van der Waals surface area contributed by atoms with Gasteiger partial charge in [0, 0.05) is 12.6 Å². The van der Waals surface area contributed by atoms with Crippen LogP contribution in [-0.2, 0) is 13.1 Å². The van der Waals surface area contributed by atoms with Crippen LogP contribution in [0.25, 0.3) is 0 Å². The molecule has 0 aliphatic carbocycles. The molecule has 0 fully saturated rings. The van der Waals surface area contributed by atoms with E-state index in [-0.39, 0.29) is 6.79 Å². The predicted molar refractivity (Wildman–Crippen MR) is 92.7 cm³/mol. The predicted octanol–water partition coefficient (Wildman–Crippen LogP) is 3.33. The zero-order valence-electron chi connectivity index (χ0n) is 13.8. The molecule has 0 atom stereocenters. The zero-order valence-corrected chi connectivity index (χ0v) is 13.8. The fourth-order valence-corrected chi connectivity index (χ4v) is 2.58. The number of hydrogen-bond donors (Lipinski definition) is 2. The molecule has 1 aliphatic heterocycles. The molecule has 25 heavy (non-hydrogen) atoms. The third-order valence-corrected chi connectivity index (χ3v) is 3.77. The molecule has 7 heteroatoms. The molecule has 0 saturated carbocycles. The van der Waals surface area contributed by atoms with Gasteiger partial charge in [0.25, 0.3) is 0 Å². The van der Waals surface area contributed by atoms with Gasteiger partial charge in [-0.15, -0.1) is 0 Å². The Morgan fingerprint density at radius 1 is 0.960 bits per heavy atom. The topological polar surface area (TPSA) is 81.4 Å². The first-order valence-corrected chi connectivity index (χ1v) is 8.00. The Morgan fingerprint density at radius 2 is 1.76 bits per heavy atom. The number of rotatable bonds is 6. The molecule has 0 amide bonds. The van der Waals surface area contributed by atoms with Crippen LogP contribution in [0.4, 0.5) is 11.6 Å². The second kappa shape index (κ2) is 6.72. The number of anilines is 2. The van der Waals surface area contributed by atoms with Crippen LogP contribution in [-0.4, -0.2) is 16.8 Å². The van der Waals surface area contributed by atoms with Gasteiger partial charge < -0.3 is 24.5 Å². The highest BCUT2D eigenvalue weighted by molar-refractivity contribution is 5.49. The summed E-state index contributed by atoms with van der Waals surface area (Å²) in [5.74, 6) is 4.61. The molecule has 3 heterocycles. The van der Waals surface area contributed by atoms with Crippen molar-refractivity contribution in [2.24, 2.45) is 0 Å². The standard InChI is InChI=1S/C18H18N4O3/c1-12-21-17(8-18(22-12)20-10-14-3-2-6-23-14)19-9-13-4-5-15-16(7-13)25-11-24-15/h2-8H,9-11H2,1H3,(H2,19,20,21,22). The van der Waals surface area contributed by atoms with E-state index in [1.807, 2.05) is 43.3 Å². The maximum atomic E-state index is 5.40. The van der Waals surface area contributed by atoms with Crippen molar-refractivity contribution in [2.45, 2.75) is 20.0 Å². The average molecular weight is 338 g/mol. The molecule has 1 aliphatic rings. The number of hydrogen-bond acceptors (Lipinski definition) is 7. The Bertz CT molecular complexity index is 865. The van der Waals surface area contributed by atoms with Gasteiger partial charge in [0.15, 0.2) is 11.5 Å². The quantitative estimate of drug-likeness (QED) is 0.713. The second-order valence-electron chi connectivity index (χ2n) is 5.66. The van der Waals surface area contributed by atoms with Gasteiger partial charge in [0.2, 0.25) is 6.79 Å². The summed E-state index contributed by atoms with van der Waals surface area (Å²) in [5.41, 5.74) is 1.09. The zero-order chi connectivity index (χ0) is 17.1. The van der Waals surface area contributed by atoms with Gasteiger partial charge in [0.1, 0.15) is 23.2 Å². The first-order chi connectivity index (χ1) is 12.3. The molecule has 4 rings (SSSR count). The first-order valence-electron chi connectivity index (χ1n) is 8.00. The summed E-state index contributed by atoms with van der Waals surface area (Å²) >= 11 is 0. The molecule has 128 valence electrons. The largest absolute Gasteiger partial charge is 0.467 e. The number of ether oxygens (including phenoxy) is 2. The lowest BCUT2D eigenvalue weighted by Crippen LogP contribution is -2.07. The maximum Gasteiger partial charge on any atom is 0.231 e. The first kappa shape index (κ1) is 15.3. The minimum absolute atomic E-state index is 0.280. The Hall–Kier alpha value is -3.22. The molecular weight excluding hydrogens is 320 g/mol. The SMILES string of the molecule is Cc1nc(NCc2ccc3c(c2)OCO3)cc(NCc2ccco2)n1. The van der Waals surface area contributed by atoms with Gasteiger partial charge in [-0.3, -0.25) is 0 Å². The number of nitrogens with one attached hydrogen (secondary N) is 2. The van der Waals surface area contributed by atoms with Gasteiger partial charge in [-0.05, 0) is 36.8 Å². The van der Waals surface area contributed by atoms with Crippen molar-refractivity contribution in [3.05, 3.63) is 59.8 Å². The summed E-state index contributed by atoms with van der Waals surface area (Å²) in [7, 11) is 0. The molecule has 7 nitrogen and oxygen atoms in total. The Labute approximate surface area is 145 Å². The van der Waals surface area contributed by atoms with Gasteiger partial charge in [-0.2, -0.15) is 0 Å². The minimum atomic E-state index is 0.280. The lowest BCUT2D eigenvalue weighted by Gasteiger charge is -2.10. The van der Waals surface area contributed by atoms with E-state index in [0.717, 1.165) is 34.5 Å². The van der Waals surface area contributed by atoms with Gasteiger partial charge in [-0.1, -0.05) is 6.07 Å². The summed E-state index contributed by atoms with van der Waals surface area (Å²) in [6.45, 7) is 3.35. The second-order valence-corrected chi connectivity index (χ2v) is 5.66. The molecule has 0 bridgehead atoms. The van der Waals surface area contributed by atoms with Crippen LogP contribution in [0.3, 0.4) is 0 Å². The highest BCUT2D eigenvalue weighted by atomic mass is 16.7. The fourth-order valence-electron chi connectivity index (χ4n) is 2.58. The van der Waals surface area contributed by atoms with Crippen molar-refractivity contribution >= 4 is 11.6 Å². The molecular formula is C18H18N4O3. The van der Waals surface area contributed by atoms with Crippen LogP contribution >= 0.6 is 0 Å². The number of aryl methyl sites for hydroxylation is 1. The molecule has 0 radical (unpaired) electrons. The van der Waals surface area contributed by atoms with Crippen LogP contribution in [0.2, 0.25) is 0 Å². The smallest absolute Gasteiger partial charge is 0.231 e. The third kappa shape index (κ3) is 3.65. The Morgan fingerprint density at radius 3 is 2.56 bits per heavy atom. The maximum absolute atomic E-state index is 5.40. The molecule has 3 aromatic rings. The molecule has 0 unspecified atom stereocenters. The number of furan rings is 1. The number of aromatic nitrogens is 2. The molecule has 2 aromatic heterocycles. The van der Waals surface area contributed by atoms with Crippen LogP contribution in [0, 0.1) is 6.92 Å². The van der Waals surface area contributed by atoms with Crippen molar-refractivity contribution in [3.8, 4) is 11.5 Å². The van der Waals surface area contributed by atoms with Gasteiger partial charge in [-0.25, -0.2) is 9.97 Å². The van der Waals surface area contributed by atoms with Gasteiger partial charge in [0.05, 0.1) is 12.8 Å². The van der Waals surface area contributed by atoms with E-state index < -0.39 is 0 Å². The number of fused-ring (bicyclic) bond motifs is 1. The van der Waals surface area contributed by atoms with E-state index >= 15 is 0 Å². The van der Waals surface area contributed by atoms with Crippen LogP contribution in [0.5, 0.6) is 11.5 Å². The van der Waals surface area contributed by atoms with Crippen molar-refractivity contribution < 1.29 is 13.9 Å². The van der Waals surface area contributed by atoms with E-state index in [2.05, 4.69) is 20.6 Å². The fraction of sp³-hybridized carbons (Fsp3) is 0.222. The molecule has 1 aromatic carbocycles. The van der Waals surface area contributed by atoms with Crippen molar-refractivity contribution in [1.29, 1.82) is 0 Å². The minimum Gasteiger partial charge on any atom is -0.467 e. The summed E-state index contributed by atoms with van der Waals surface area (Å²) in [6, 6.07) is 11.5. The number of benzene rings is 1. The summed E-state index contributed by atoms with van der Waals surface area (Å²) < 4.78 is 16.0. The van der Waals surface area contributed by atoms with Crippen LogP contribution in [0.15, 0.2) is 47.1 Å². The molecule has 0 saturated heterocycles. The van der Waals surface area contributed by atoms with E-state index in [0.29, 0.717) is 18.9 Å². The highest BCUT2D eigenvalue weighted by Crippen LogP contribution is 2.32. The van der Waals surface area contributed by atoms with Crippen molar-refractivity contribution in [1.82, 2.24) is 9.97 Å². The van der Waals surface area contributed by atoms with E-state index in [9.17, 15) is 0 Å². The summed E-state index contributed by atoms with van der Waals surface area (Å²) in [6.07, 6.45) is 1.65. The monoisotopic (exact) mass is 338 g/mol. The van der Waals surface area contributed by atoms with E-state index in [4.69, 9.17) is 13.9 Å². The Kier molecular flexibility index (Phi) is 4.12. The lowest BCUT2D eigenvalue weighted by atomic mass is 10.2. The summed E-state index contributed by atoms with van der Waals surface area (Å²) in [4.78, 5) is 8.82. The molecule has 0 spiro atoms. The normalized spacial score (nSPS) is 12.2. The van der Waals surface area contributed by atoms with Crippen LogP contribution < -0.4 is 20.1 Å². The number of nitrogens with zero attached hydrogens (tertiary/aromatic N) is 2. The average Bonchev–Trinajstić information content (AvgIpc) is 3.28. The van der Waals surface area contributed by atoms with E-state index in [1.54, 1.807) is 6.26 Å². The summed E-state index contributed by atoms with van der Waals surface area (Å²) in [5, 5.41) is 6.55. The third-order valence-electron chi connectivity index (χ3n) is 3.77. The lowest BCUT2D eigenvalue weighted by molar-refractivity contribution is 0.174. The highest BCUT2D eigenvalue weighted by Gasteiger charge is 2.13. The van der Waals surface area contributed by atoms with Crippen molar-refractivity contribution in [3.63, 3.8) is 0 Å². The van der Waals surface area contributed by atoms with Crippen molar-refractivity contribution in [2.75, 3.05) is 17.4 Å². The van der Waals surface area contributed by atoms with Crippen LogP contribution in [0.1, 0.15) is 17.1 Å². The Balaban J connectivity index is 1.41. The van der Waals surface area contributed by atoms with Gasteiger partial charge >= 0.3 is 0 Å².